The Kier molecular flexibility index (Phi) is 5.98. The Morgan fingerprint density at radius 3 is 2.69 bits per heavy atom. The molecule has 0 unspecified atom stereocenters. The lowest BCUT2D eigenvalue weighted by Crippen LogP contribution is -3.16. The van der Waals surface area contributed by atoms with Crippen LogP contribution in [0.25, 0.3) is 0 Å². The van der Waals surface area contributed by atoms with Gasteiger partial charge in [-0.15, -0.1) is 0 Å². The van der Waals surface area contributed by atoms with Crippen LogP contribution in [0.4, 0.5) is 5.69 Å². The third kappa shape index (κ3) is 4.27. The van der Waals surface area contributed by atoms with E-state index >= 15 is 0 Å². The van der Waals surface area contributed by atoms with Gasteiger partial charge in [0.1, 0.15) is 11.8 Å². The van der Waals surface area contributed by atoms with Crippen molar-refractivity contribution in [2.24, 2.45) is 5.73 Å². The van der Waals surface area contributed by atoms with Crippen LogP contribution < -0.4 is 20.3 Å². The molecular weight excluding hydrogens is 332 g/mol. The summed E-state index contributed by atoms with van der Waals surface area (Å²) in [6.07, 6.45) is 2.61. The summed E-state index contributed by atoms with van der Waals surface area (Å²) in [6.45, 7) is 4.69. The zero-order valence-corrected chi connectivity index (χ0v) is 15.4. The third-order valence-electron chi connectivity index (χ3n) is 5.44. The van der Waals surface area contributed by atoms with E-state index in [9.17, 15) is 9.59 Å². The molecular formula is C19H29N4O3+. The van der Waals surface area contributed by atoms with Gasteiger partial charge in [0.25, 0.3) is 5.91 Å². The molecule has 7 heteroatoms. The molecule has 2 heterocycles. The van der Waals surface area contributed by atoms with Gasteiger partial charge in [0, 0.05) is 18.3 Å². The number of quaternary nitrogens is 1. The number of anilines is 1. The second-order valence-corrected chi connectivity index (χ2v) is 7.12. The van der Waals surface area contributed by atoms with E-state index in [0.29, 0.717) is 19.5 Å². The van der Waals surface area contributed by atoms with Crippen LogP contribution in [0.1, 0.15) is 19.3 Å². The minimum absolute atomic E-state index is 0.0540. The molecule has 1 atom stereocenters. The van der Waals surface area contributed by atoms with Crippen LogP contribution >= 0.6 is 0 Å². The van der Waals surface area contributed by atoms with Crippen molar-refractivity contribution in [2.75, 3.05) is 51.3 Å². The van der Waals surface area contributed by atoms with E-state index in [1.807, 2.05) is 18.2 Å². The molecule has 0 spiro atoms. The molecule has 1 aromatic carbocycles. The molecule has 0 saturated carbocycles. The highest BCUT2D eigenvalue weighted by Gasteiger charge is 2.33. The second-order valence-electron chi connectivity index (χ2n) is 7.12. The Labute approximate surface area is 154 Å². The van der Waals surface area contributed by atoms with Gasteiger partial charge in [-0.2, -0.15) is 0 Å². The summed E-state index contributed by atoms with van der Waals surface area (Å²) in [4.78, 5) is 29.6. The molecule has 142 valence electrons. The van der Waals surface area contributed by atoms with E-state index in [0.717, 1.165) is 50.5 Å². The van der Waals surface area contributed by atoms with Gasteiger partial charge >= 0.3 is 0 Å². The number of likely N-dealkylation sites (tertiary alicyclic amines) is 1. The number of nitrogens with two attached hydrogens (primary N) is 1. The number of benzene rings is 1. The fourth-order valence-electron chi connectivity index (χ4n) is 3.91. The van der Waals surface area contributed by atoms with Crippen LogP contribution in [0.3, 0.4) is 0 Å². The molecule has 7 nitrogen and oxygen atoms in total. The number of methoxy groups -OCH3 is 1. The number of amides is 2. The van der Waals surface area contributed by atoms with Gasteiger partial charge in [-0.1, -0.05) is 6.07 Å². The zero-order chi connectivity index (χ0) is 18.5. The average molecular weight is 361 g/mol. The normalized spacial score (nSPS) is 21.5. The number of ether oxygens (including phenoxy) is 1. The van der Waals surface area contributed by atoms with Crippen molar-refractivity contribution in [2.45, 2.75) is 25.3 Å². The number of hydrogen-bond donors (Lipinski definition) is 2. The molecule has 1 aromatic rings. The van der Waals surface area contributed by atoms with Crippen LogP contribution in [-0.2, 0) is 9.59 Å². The first-order valence-electron chi connectivity index (χ1n) is 9.40. The predicted molar refractivity (Wildman–Crippen MR) is 99.3 cm³/mol. The van der Waals surface area contributed by atoms with Gasteiger partial charge in [-0.3, -0.25) is 9.59 Å². The van der Waals surface area contributed by atoms with Gasteiger partial charge in [0.2, 0.25) is 5.91 Å². The average Bonchev–Trinajstić information content (AvgIpc) is 2.68. The molecule has 0 bridgehead atoms. The molecule has 2 aliphatic rings. The molecule has 0 radical (unpaired) electrons. The van der Waals surface area contributed by atoms with E-state index in [1.165, 1.54) is 4.90 Å². The van der Waals surface area contributed by atoms with Crippen molar-refractivity contribution in [1.29, 1.82) is 0 Å². The summed E-state index contributed by atoms with van der Waals surface area (Å²) in [5, 5.41) is 0. The lowest BCUT2D eigenvalue weighted by Gasteiger charge is -2.37. The molecule has 2 saturated heterocycles. The van der Waals surface area contributed by atoms with Crippen molar-refractivity contribution < 1.29 is 19.2 Å². The summed E-state index contributed by atoms with van der Waals surface area (Å²) in [5.74, 6) is 0.532. The first-order valence-corrected chi connectivity index (χ1v) is 9.40. The molecule has 0 aromatic heterocycles. The maximum Gasteiger partial charge on any atom is 0.278 e. The van der Waals surface area contributed by atoms with E-state index in [-0.39, 0.29) is 11.8 Å². The summed E-state index contributed by atoms with van der Waals surface area (Å²) in [6, 6.07) is 7.65. The van der Waals surface area contributed by atoms with Gasteiger partial charge in [-0.05, 0) is 31.4 Å². The fourth-order valence-corrected chi connectivity index (χ4v) is 3.91. The van der Waals surface area contributed by atoms with E-state index < -0.39 is 6.04 Å². The maximum atomic E-state index is 12.7. The standard InChI is InChI=1S/C19H28N4O3/c1-26-16-6-4-5-15(13-16)22-11-9-21(10-12-22)14-18(24)23-8-3-2-7-17(23)19(20)25/h4-6,13,17H,2-3,7-12,14H2,1H3,(H2,20,25)/p+1/t17-/m1/s1. The lowest BCUT2D eigenvalue weighted by atomic mass is 10.0. The molecule has 0 aliphatic carbocycles. The Morgan fingerprint density at radius 1 is 1.23 bits per heavy atom. The number of piperidine rings is 1. The first kappa shape index (κ1) is 18.5. The molecule has 2 aliphatic heterocycles. The lowest BCUT2D eigenvalue weighted by molar-refractivity contribution is -0.892. The van der Waals surface area contributed by atoms with Crippen molar-refractivity contribution in [1.82, 2.24) is 4.90 Å². The minimum atomic E-state index is -0.422. The Morgan fingerprint density at radius 2 is 2.00 bits per heavy atom. The number of primary amides is 1. The maximum absolute atomic E-state index is 12.7. The number of piperazine rings is 1. The first-order chi connectivity index (χ1) is 12.6. The Hall–Kier alpha value is -2.28. The third-order valence-corrected chi connectivity index (χ3v) is 5.44. The SMILES string of the molecule is COc1cccc(N2CC[NH+](CC(=O)N3CCCC[C@@H]3C(N)=O)CC2)c1. The van der Waals surface area contributed by atoms with Gasteiger partial charge in [0.15, 0.2) is 6.54 Å². The van der Waals surface area contributed by atoms with Crippen LogP contribution in [0, 0.1) is 0 Å². The van der Waals surface area contributed by atoms with Crippen molar-refractivity contribution in [3.63, 3.8) is 0 Å². The summed E-state index contributed by atoms with van der Waals surface area (Å²) in [7, 11) is 1.67. The summed E-state index contributed by atoms with van der Waals surface area (Å²) in [5.41, 5.74) is 6.63. The van der Waals surface area contributed by atoms with Crippen LogP contribution in [0.5, 0.6) is 5.75 Å². The molecule has 2 fully saturated rings. The molecule has 2 amide bonds. The quantitative estimate of drug-likeness (QED) is 0.724. The highest BCUT2D eigenvalue weighted by atomic mass is 16.5. The molecule has 3 N–H and O–H groups in total. The zero-order valence-electron chi connectivity index (χ0n) is 15.4. The Balaban J connectivity index is 1.53. The number of nitrogens with one attached hydrogen (secondary N) is 1. The van der Waals surface area contributed by atoms with Crippen molar-refractivity contribution >= 4 is 17.5 Å². The highest BCUT2D eigenvalue weighted by Crippen LogP contribution is 2.21. The van der Waals surface area contributed by atoms with Crippen LogP contribution in [-0.4, -0.2) is 69.1 Å². The minimum Gasteiger partial charge on any atom is -0.497 e. The monoisotopic (exact) mass is 361 g/mol. The van der Waals surface area contributed by atoms with Crippen LogP contribution in [0.2, 0.25) is 0 Å². The largest absolute Gasteiger partial charge is 0.497 e. The van der Waals surface area contributed by atoms with Crippen molar-refractivity contribution in [3.8, 4) is 5.75 Å². The van der Waals surface area contributed by atoms with E-state index in [4.69, 9.17) is 10.5 Å². The number of hydrogen-bond acceptors (Lipinski definition) is 4. The van der Waals surface area contributed by atoms with Gasteiger partial charge < -0.3 is 25.2 Å². The number of carbonyl (C=O) groups is 2. The number of rotatable bonds is 5. The number of carbonyl (C=O) groups excluding carboxylic acids is 2. The highest BCUT2D eigenvalue weighted by molar-refractivity contribution is 5.87. The summed E-state index contributed by atoms with van der Waals surface area (Å²) >= 11 is 0. The Bertz CT molecular complexity index is 643. The van der Waals surface area contributed by atoms with Crippen molar-refractivity contribution in [3.05, 3.63) is 24.3 Å². The van der Waals surface area contributed by atoms with E-state index in [1.54, 1.807) is 12.0 Å². The topological polar surface area (TPSA) is 80.3 Å². The predicted octanol–water partition coefficient (Wildman–Crippen LogP) is -0.733. The van der Waals surface area contributed by atoms with E-state index in [2.05, 4.69) is 11.0 Å². The summed E-state index contributed by atoms with van der Waals surface area (Å²) < 4.78 is 5.30. The number of nitrogens with zero attached hydrogens (tertiary/aromatic N) is 2. The fraction of sp³-hybridized carbons (Fsp3) is 0.579. The van der Waals surface area contributed by atoms with Gasteiger partial charge in [-0.25, -0.2) is 0 Å². The smallest absolute Gasteiger partial charge is 0.278 e. The second kappa shape index (κ2) is 8.40. The molecule has 26 heavy (non-hydrogen) atoms. The molecule has 3 rings (SSSR count). The van der Waals surface area contributed by atoms with Gasteiger partial charge in [0.05, 0.1) is 33.3 Å². The van der Waals surface area contributed by atoms with Crippen LogP contribution in [0.15, 0.2) is 24.3 Å².